The van der Waals surface area contributed by atoms with Gasteiger partial charge in [0.05, 0.1) is 10.6 Å². The Balaban J connectivity index is 1.72. The molecule has 2 heterocycles. The predicted molar refractivity (Wildman–Crippen MR) is 98.3 cm³/mol. The summed E-state index contributed by atoms with van der Waals surface area (Å²) in [6.45, 7) is 1.66. The zero-order valence-electron chi connectivity index (χ0n) is 14.2. The SMILES string of the molecule is Cn1c(C(=O)N2CCCN(C(=O)c3ccccc3F)CC2)cc(Cl)c1Cl. The minimum Gasteiger partial charge on any atom is -0.337 e. The number of hydrogen-bond acceptors (Lipinski definition) is 2. The Labute approximate surface area is 160 Å². The molecule has 0 N–H and O–H groups in total. The summed E-state index contributed by atoms with van der Waals surface area (Å²) in [6.07, 6.45) is 0.609. The van der Waals surface area contributed by atoms with E-state index in [0.717, 1.165) is 0 Å². The Morgan fingerprint density at radius 2 is 1.62 bits per heavy atom. The van der Waals surface area contributed by atoms with Crippen molar-refractivity contribution in [2.24, 2.45) is 7.05 Å². The average molecular weight is 398 g/mol. The molecule has 1 saturated heterocycles. The van der Waals surface area contributed by atoms with Crippen LogP contribution in [0.5, 0.6) is 0 Å². The molecule has 1 aromatic heterocycles. The van der Waals surface area contributed by atoms with Crippen LogP contribution in [0.25, 0.3) is 0 Å². The van der Waals surface area contributed by atoms with Gasteiger partial charge in [0.15, 0.2) is 0 Å². The number of rotatable bonds is 2. The number of carbonyl (C=O) groups is 2. The fourth-order valence-electron chi connectivity index (χ4n) is 3.04. The summed E-state index contributed by atoms with van der Waals surface area (Å²) in [7, 11) is 1.67. The maximum atomic E-state index is 13.9. The zero-order valence-corrected chi connectivity index (χ0v) is 15.7. The van der Waals surface area contributed by atoms with Crippen LogP contribution in [0.4, 0.5) is 4.39 Å². The Morgan fingerprint density at radius 3 is 2.19 bits per heavy atom. The molecule has 5 nitrogen and oxygen atoms in total. The molecule has 2 amide bonds. The molecule has 1 fully saturated rings. The van der Waals surface area contributed by atoms with Crippen molar-refractivity contribution >= 4 is 35.0 Å². The van der Waals surface area contributed by atoms with Gasteiger partial charge in [0, 0.05) is 33.2 Å². The quantitative estimate of drug-likeness (QED) is 0.778. The van der Waals surface area contributed by atoms with Gasteiger partial charge in [0.1, 0.15) is 16.7 Å². The average Bonchev–Trinajstić information content (AvgIpc) is 2.83. The zero-order chi connectivity index (χ0) is 18.8. The summed E-state index contributed by atoms with van der Waals surface area (Å²) in [6, 6.07) is 7.46. The minimum absolute atomic E-state index is 0.0493. The van der Waals surface area contributed by atoms with Crippen LogP contribution in [-0.2, 0) is 7.05 Å². The highest BCUT2D eigenvalue weighted by Crippen LogP contribution is 2.26. The number of halogens is 3. The molecule has 0 atom stereocenters. The maximum Gasteiger partial charge on any atom is 0.270 e. The van der Waals surface area contributed by atoms with Crippen molar-refractivity contribution < 1.29 is 14.0 Å². The molecule has 3 rings (SSSR count). The van der Waals surface area contributed by atoms with Gasteiger partial charge in [-0.2, -0.15) is 0 Å². The van der Waals surface area contributed by atoms with Gasteiger partial charge in [-0.05, 0) is 24.6 Å². The third kappa shape index (κ3) is 3.57. The number of hydrogen-bond donors (Lipinski definition) is 0. The lowest BCUT2D eigenvalue weighted by Crippen LogP contribution is -2.38. The van der Waals surface area contributed by atoms with Gasteiger partial charge in [0.25, 0.3) is 11.8 Å². The molecule has 0 unspecified atom stereocenters. The summed E-state index contributed by atoms with van der Waals surface area (Å²) in [4.78, 5) is 28.6. The summed E-state index contributed by atoms with van der Waals surface area (Å²) >= 11 is 12.0. The molecule has 26 heavy (non-hydrogen) atoms. The Hall–Kier alpha value is -2.05. The molecule has 1 aromatic carbocycles. The molecule has 1 aliphatic rings. The first-order valence-electron chi connectivity index (χ1n) is 8.24. The third-order valence-electron chi connectivity index (χ3n) is 4.51. The normalized spacial score (nSPS) is 15.1. The van der Waals surface area contributed by atoms with E-state index in [0.29, 0.717) is 48.5 Å². The number of carbonyl (C=O) groups excluding carboxylic acids is 2. The van der Waals surface area contributed by atoms with Crippen LogP contribution in [-0.4, -0.2) is 52.4 Å². The van der Waals surface area contributed by atoms with E-state index in [2.05, 4.69) is 0 Å². The highest BCUT2D eigenvalue weighted by molar-refractivity contribution is 6.41. The van der Waals surface area contributed by atoms with Crippen LogP contribution >= 0.6 is 23.2 Å². The minimum atomic E-state index is -0.539. The van der Waals surface area contributed by atoms with Crippen molar-refractivity contribution in [3.05, 3.63) is 57.6 Å². The molecule has 0 spiro atoms. The highest BCUT2D eigenvalue weighted by atomic mass is 35.5. The molecule has 8 heteroatoms. The van der Waals surface area contributed by atoms with Crippen LogP contribution in [0.1, 0.15) is 27.3 Å². The molecule has 0 radical (unpaired) electrons. The monoisotopic (exact) mass is 397 g/mol. The van der Waals surface area contributed by atoms with E-state index in [1.807, 2.05) is 0 Å². The van der Waals surface area contributed by atoms with Gasteiger partial charge in [-0.3, -0.25) is 9.59 Å². The van der Waals surface area contributed by atoms with Crippen molar-refractivity contribution in [1.29, 1.82) is 0 Å². The lowest BCUT2D eigenvalue weighted by Gasteiger charge is -2.22. The van der Waals surface area contributed by atoms with Crippen LogP contribution in [0.2, 0.25) is 10.2 Å². The fourth-order valence-corrected chi connectivity index (χ4v) is 3.41. The van der Waals surface area contributed by atoms with Crippen molar-refractivity contribution in [2.75, 3.05) is 26.2 Å². The molecule has 2 aromatic rings. The molecule has 138 valence electrons. The number of aromatic nitrogens is 1. The molecule has 0 bridgehead atoms. The van der Waals surface area contributed by atoms with Gasteiger partial charge in [-0.1, -0.05) is 35.3 Å². The maximum absolute atomic E-state index is 13.9. The molecule has 1 aliphatic heterocycles. The van der Waals surface area contributed by atoms with Crippen LogP contribution in [0.3, 0.4) is 0 Å². The second-order valence-corrected chi connectivity index (χ2v) is 6.91. The van der Waals surface area contributed by atoms with E-state index in [1.54, 1.807) is 39.6 Å². The predicted octanol–water partition coefficient (Wildman–Crippen LogP) is 3.46. The number of amides is 2. The lowest BCUT2D eigenvalue weighted by atomic mass is 10.2. The Bertz CT molecular complexity index is 853. The van der Waals surface area contributed by atoms with E-state index < -0.39 is 5.82 Å². The summed E-state index contributed by atoms with van der Waals surface area (Å²) in [5.74, 6) is -1.09. The highest BCUT2D eigenvalue weighted by Gasteiger charge is 2.26. The topological polar surface area (TPSA) is 45.6 Å². The first kappa shape index (κ1) is 18.7. The standard InChI is InChI=1S/C18H18Cl2FN3O2/c1-22-15(11-13(19)16(22)20)18(26)24-8-4-7-23(9-10-24)17(25)12-5-2-3-6-14(12)21/h2-3,5-6,11H,4,7-10H2,1H3. The van der Waals surface area contributed by atoms with E-state index in [9.17, 15) is 14.0 Å². The lowest BCUT2D eigenvalue weighted by molar-refractivity contribution is 0.0711. The summed E-state index contributed by atoms with van der Waals surface area (Å²) in [5.41, 5.74) is 0.446. The van der Waals surface area contributed by atoms with Gasteiger partial charge in [-0.25, -0.2) is 4.39 Å². The Morgan fingerprint density at radius 1 is 1.00 bits per heavy atom. The summed E-state index contributed by atoms with van der Waals surface area (Å²) in [5, 5.41) is 0.630. The van der Waals surface area contributed by atoms with Crippen molar-refractivity contribution in [1.82, 2.24) is 14.4 Å². The van der Waals surface area contributed by atoms with E-state index in [4.69, 9.17) is 23.2 Å². The van der Waals surface area contributed by atoms with Gasteiger partial charge >= 0.3 is 0 Å². The Kier molecular flexibility index (Phi) is 5.53. The molecule has 0 saturated carbocycles. The molecular weight excluding hydrogens is 380 g/mol. The third-order valence-corrected chi connectivity index (χ3v) is 5.35. The first-order chi connectivity index (χ1) is 12.4. The van der Waals surface area contributed by atoms with E-state index in [-0.39, 0.29) is 17.4 Å². The smallest absolute Gasteiger partial charge is 0.270 e. The second kappa shape index (κ2) is 7.68. The van der Waals surface area contributed by atoms with E-state index in [1.165, 1.54) is 12.1 Å². The summed E-state index contributed by atoms with van der Waals surface area (Å²) < 4.78 is 15.4. The number of benzene rings is 1. The van der Waals surface area contributed by atoms with Gasteiger partial charge < -0.3 is 14.4 Å². The van der Waals surface area contributed by atoms with Gasteiger partial charge in [-0.15, -0.1) is 0 Å². The fraction of sp³-hybridized carbons (Fsp3) is 0.333. The first-order valence-corrected chi connectivity index (χ1v) is 8.99. The largest absolute Gasteiger partial charge is 0.337 e. The molecule has 0 aliphatic carbocycles. The van der Waals surface area contributed by atoms with Gasteiger partial charge in [0.2, 0.25) is 0 Å². The van der Waals surface area contributed by atoms with Crippen LogP contribution < -0.4 is 0 Å². The second-order valence-electron chi connectivity index (χ2n) is 6.15. The molecular formula is C18H18Cl2FN3O2. The van der Waals surface area contributed by atoms with Crippen molar-refractivity contribution in [3.8, 4) is 0 Å². The van der Waals surface area contributed by atoms with Crippen molar-refractivity contribution in [2.45, 2.75) is 6.42 Å². The van der Waals surface area contributed by atoms with Crippen LogP contribution in [0.15, 0.2) is 30.3 Å². The van der Waals surface area contributed by atoms with Crippen LogP contribution in [0, 0.1) is 5.82 Å². The van der Waals surface area contributed by atoms with Crippen molar-refractivity contribution in [3.63, 3.8) is 0 Å². The number of nitrogens with zero attached hydrogens (tertiary/aromatic N) is 3. The van der Waals surface area contributed by atoms with E-state index >= 15 is 0 Å².